The van der Waals surface area contributed by atoms with E-state index in [1.54, 1.807) is 13.1 Å². The molecule has 0 radical (unpaired) electrons. The minimum Gasteiger partial charge on any atom is -0.477 e. The molecule has 2 aromatic heterocycles. The number of aromatic carboxylic acids is 1. The Labute approximate surface area is 91.1 Å². The first-order valence-electron chi connectivity index (χ1n) is 4.36. The van der Waals surface area contributed by atoms with Crippen LogP contribution in [0.25, 0.3) is 11.0 Å². The van der Waals surface area contributed by atoms with Crippen molar-refractivity contribution in [1.82, 2.24) is 9.55 Å². The number of aromatic nitrogens is 2. The van der Waals surface area contributed by atoms with Crippen LogP contribution in [0.1, 0.15) is 16.2 Å². The van der Waals surface area contributed by atoms with Crippen LogP contribution in [0.3, 0.4) is 0 Å². The highest BCUT2D eigenvalue weighted by Gasteiger charge is 2.14. The molecular formula is C10H9ClN2O2. The summed E-state index contributed by atoms with van der Waals surface area (Å²) < 4.78 is 1.52. The van der Waals surface area contributed by atoms with Crippen LogP contribution in [0.2, 0.25) is 5.02 Å². The summed E-state index contributed by atoms with van der Waals surface area (Å²) in [5, 5.41) is 10.1. The summed E-state index contributed by atoms with van der Waals surface area (Å²) in [6, 6.07) is 3.25. The highest BCUT2D eigenvalue weighted by molar-refractivity contribution is 6.35. The molecule has 2 aromatic rings. The van der Waals surface area contributed by atoms with Crippen molar-refractivity contribution in [2.75, 3.05) is 0 Å². The molecule has 0 saturated heterocycles. The molecule has 1 N–H and O–H groups in total. The monoisotopic (exact) mass is 224 g/mol. The van der Waals surface area contributed by atoms with Crippen LogP contribution < -0.4 is 0 Å². The van der Waals surface area contributed by atoms with Gasteiger partial charge in [-0.05, 0) is 19.1 Å². The van der Waals surface area contributed by atoms with E-state index < -0.39 is 5.97 Å². The number of aryl methyl sites for hydroxylation is 2. The molecule has 4 nitrogen and oxygen atoms in total. The smallest absolute Gasteiger partial charge is 0.352 e. The van der Waals surface area contributed by atoms with Crippen LogP contribution in [0.5, 0.6) is 0 Å². The highest BCUT2D eigenvalue weighted by atomic mass is 35.5. The lowest BCUT2D eigenvalue weighted by molar-refractivity contribution is 0.0687. The van der Waals surface area contributed by atoms with E-state index >= 15 is 0 Å². The second-order valence-electron chi connectivity index (χ2n) is 3.38. The predicted molar refractivity (Wildman–Crippen MR) is 57.4 cm³/mol. The molecule has 0 spiro atoms. The van der Waals surface area contributed by atoms with Crippen molar-refractivity contribution in [2.24, 2.45) is 7.05 Å². The first kappa shape index (κ1) is 9.98. The van der Waals surface area contributed by atoms with E-state index in [2.05, 4.69) is 4.98 Å². The van der Waals surface area contributed by atoms with E-state index in [9.17, 15) is 4.79 Å². The van der Waals surface area contributed by atoms with Crippen molar-refractivity contribution < 1.29 is 9.90 Å². The molecule has 2 heterocycles. The van der Waals surface area contributed by atoms with Gasteiger partial charge in [0.25, 0.3) is 0 Å². The number of hydrogen-bond donors (Lipinski definition) is 1. The number of carbonyl (C=O) groups is 1. The Balaban J connectivity index is 2.88. The van der Waals surface area contributed by atoms with E-state index in [0.717, 1.165) is 5.69 Å². The van der Waals surface area contributed by atoms with Crippen LogP contribution in [-0.2, 0) is 7.05 Å². The summed E-state index contributed by atoms with van der Waals surface area (Å²) >= 11 is 6.01. The van der Waals surface area contributed by atoms with Gasteiger partial charge in [0.2, 0.25) is 0 Å². The zero-order valence-corrected chi connectivity index (χ0v) is 9.04. The largest absolute Gasteiger partial charge is 0.477 e. The number of pyridine rings is 1. The predicted octanol–water partition coefficient (Wildman–Crippen LogP) is 2.23. The van der Waals surface area contributed by atoms with Crippen LogP contribution in [0, 0.1) is 6.92 Å². The number of halogens is 1. The van der Waals surface area contributed by atoms with Gasteiger partial charge >= 0.3 is 5.97 Å². The van der Waals surface area contributed by atoms with Gasteiger partial charge in [0, 0.05) is 18.1 Å². The van der Waals surface area contributed by atoms with Crippen molar-refractivity contribution in [3.05, 3.63) is 28.5 Å². The van der Waals surface area contributed by atoms with Gasteiger partial charge in [-0.1, -0.05) is 11.6 Å². The zero-order chi connectivity index (χ0) is 11.2. The summed E-state index contributed by atoms with van der Waals surface area (Å²) in [6.07, 6.45) is 0. The van der Waals surface area contributed by atoms with Crippen molar-refractivity contribution in [3.63, 3.8) is 0 Å². The molecule has 0 fully saturated rings. The molecule has 2 rings (SSSR count). The van der Waals surface area contributed by atoms with Gasteiger partial charge in [-0.3, -0.25) is 0 Å². The number of hydrogen-bond acceptors (Lipinski definition) is 2. The maximum absolute atomic E-state index is 10.9. The van der Waals surface area contributed by atoms with Crippen LogP contribution in [0.4, 0.5) is 0 Å². The fourth-order valence-corrected chi connectivity index (χ4v) is 1.87. The third-order valence-electron chi connectivity index (χ3n) is 2.30. The van der Waals surface area contributed by atoms with Gasteiger partial charge in [-0.2, -0.15) is 0 Å². The van der Waals surface area contributed by atoms with Crippen molar-refractivity contribution in [2.45, 2.75) is 6.92 Å². The summed E-state index contributed by atoms with van der Waals surface area (Å²) in [6.45, 7) is 1.82. The Morgan fingerprint density at radius 1 is 1.53 bits per heavy atom. The number of fused-ring (bicyclic) bond motifs is 1. The second-order valence-corrected chi connectivity index (χ2v) is 3.78. The molecule has 0 atom stereocenters. The van der Waals surface area contributed by atoms with Gasteiger partial charge in [0.05, 0.1) is 5.02 Å². The average Bonchev–Trinajstić information content (AvgIpc) is 2.44. The number of carboxylic acids is 1. The molecule has 0 aliphatic heterocycles. The highest BCUT2D eigenvalue weighted by Crippen LogP contribution is 2.25. The van der Waals surface area contributed by atoms with E-state index in [0.29, 0.717) is 16.1 Å². The van der Waals surface area contributed by atoms with Crippen molar-refractivity contribution in [1.29, 1.82) is 0 Å². The summed E-state index contributed by atoms with van der Waals surface area (Å²) in [5.41, 5.74) is 1.55. The quantitative estimate of drug-likeness (QED) is 0.808. The minimum absolute atomic E-state index is 0.185. The molecule has 0 saturated carbocycles. The Morgan fingerprint density at radius 2 is 2.20 bits per heavy atom. The normalized spacial score (nSPS) is 10.9. The molecule has 15 heavy (non-hydrogen) atoms. The maximum Gasteiger partial charge on any atom is 0.352 e. The SMILES string of the molecule is Cc1cc(Cl)c2cc(C(=O)O)n(C)c2n1. The van der Waals surface area contributed by atoms with Gasteiger partial charge in [-0.15, -0.1) is 0 Å². The summed E-state index contributed by atoms with van der Waals surface area (Å²) in [7, 11) is 1.66. The fourth-order valence-electron chi connectivity index (χ4n) is 1.57. The standard InChI is InChI=1S/C10H9ClN2O2/c1-5-3-7(11)6-4-8(10(14)15)13(2)9(6)12-5/h3-4H,1-2H3,(H,14,15). The molecule has 0 bridgehead atoms. The number of carboxylic acid groups (broad SMARTS) is 1. The first-order chi connectivity index (χ1) is 7.00. The molecule has 0 amide bonds. The maximum atomic E-state index is 10.9. The lowest BCUT2D eigenvalue weighted by Gasteiger charge is -2.00. The van der Waals surface area contributed by atoms with E-state index in [4.69, 9.17) is 16.7 Å². The third kappa shape index (κ3) is 1.47. The topological polar surface area (TPSA) is 55.1 Å². The summed E-state index contributed by atoms with van der Waals surface area (Å²) in [4.78, 5) is 15.2. The van der Waals surface area contributed by atoms with Gasteiger partial charge in [0.15, 0.2) is 0 Å². The molecule has 0 aromatic carbocycles. The third-order valence-corrected chi connectivity index (χ3v) is 2.61. The van der Waals surface area contributed by atoms with Crippen molar-refractivity contribution in [3.8, 4) is 0 Å². The zero-order valence-electron chi connectivity index (χ0n) is 8.28. The van der Waals surface area contributed by atoms with Crippen LogP contribution in [-0.4, -0.2) is 20.6 Å². The lowest BCUT2D eigenvalue weighted by Crippen LogP contribution is -2.04. The lowest BCUT2D eigenvalue weighted by atomic mass is 10.3. The Morgan fingerprint density at radius 3 is 2.80 bits per heavy atom. The van der Waals surface area contributed by atoms with E-state index in [1.807, 2.05) is 6.92 Å². The fraction of sp³-hybridized carbons (Fsp3) is 0.200. The van der Waals surface area contributed by atoms with Gasteiger partial charge < -0.3 is 9.67 Å². The number of nitrogens with zero attached hydrogens (tertiary/aromatic N) is 2. The van der Waals surface area contributed by atoms with Gasteiger partial charge in [0.1, 0.15) is 11.3 Å². The second kappa shape index (κ2) is 3.24. The molecule has 0 unspecified atom stereocenters. The molecule has 0 aliphatic carbocycles. The Kier molecular flexibility index (Phi) is 2.16. The Bertz CT molecular complexity index is 560. The summed E-state index contributed by atoms with van der Waals surface area (Å²) in [5.74, 6) is -0.982. The number of rotatable bonds is 1. The van der Waals surface area contributed by atoms with Crippen LogP contribution >= 0.6 is 11.6 Å². The van der Waals surface area contributed by atoms with Crippen molar-refractivity contribution >= 4 is 28.6 Å². The molecular weight excluding hydrogens is 216 g/mol. The molecule has 0 aliphatic rings. The van der Waals surface area contributed by atoms with Gasteiger partial charge in [-0.25, -0.2) is 9.78 Å². The average molecular weight is 225 g/mol. The Hall–Kier alpha value is -1.55. The first-order valence-corrected chi connectivity index (χ1v) is 4.74. The molecule has 5 heteroatoms. The molecule has 78 valence electrons. The van der Waals surface area contributed by atoms with E-state index in [-0.39, 0.29) is 5.69 Å². The van der Waals surface area contributed by atoms with E-state index in [1.165, 1.54) is 10.6 Å². The van der Waals surface area contributed by atoms with Crippen LogP contribution in [0.15, 0.2) is 12.1 Å². The minimum atomic E-state index is -0.982.